The van der Waals surface area contributed by atoms with Crippen LogP contribution in [0.15, 0.2) is 42.5 Å². The topological polar surface area (TPSA) is 92.6 Å². The molecule has 0 radical (unpaired) electrons. The summed E-state index contributed by atoms with van der Waals surface area (Å²) in [6.07, 6.45) is 0.746. The number of amides is 2. The Morgan fingerprint density at radius 3 is 2.63 bits per heavy atom. The summed E-state index contributed by atoms with van der Waals surface area (Å²) in [4.78, 5) is 29.7. The highest BCUT2D eigenvalue weighted by Crippen LogP contribution is 2.33. The first kappa shape index (κ1) is 23.5. The molecule has 2 fully saturated rings. The molecule has 0 N–H and O–H groups in total. The normalized spacial score (nSPS) is 21.7. The molecule has 9 heteroatoms. The van der Waals surface area contributed by atoms with Gasteiger partial charge in [-0.3, -0.25) is 14.3 Å². The summed E-state index contributed by atoms with van der Waals surface area (Å²) in [5, 5.41) is 6.67. The van der Waals surface area contributed by atoms with Crippen molar-refractivity contribution in [2.75, 3.05) is 30.0 Å². The van der Waals surface area contributed by atoms with E-state index in [-0.39, 0.29) is 35.8 Å². The van der Waals surface area contributed by atoms with Crippen LogP contribution in [-0.4, -0.2) is 60.0 Å². The first-order chi connectivity index (χ1) is 16.6. The molecule has 35 heavy (non-hydrogen) atoms. The summed E-state index contributed by atoms with van der Waals surface area (Å²) in [7, 11) is -1.27. The van der Waals surface area contributed by atoms with Crippen LogP contribution in [0.1, 0.15) is 35.8 Å². The smallest absolute Gasteiger partial charge is 0.228 e. The Morgan fingerprint density at radius 2 is 1.89 bits per heavy atom. The zero-order chi connectivity index (χ0) is 24.9. The Morgan fingerprint density at radius 1 is 1.14 bits per heavy atom. The van der Waals surface area contributed by atoms with Crippen LogP contribution in [0.3, 0.4) is 0 Å². The Balaban J connectivity index is 1.31. The molecule has 0 bridgehead atoms. The average Bonchev–Trinajstić information content (AvgIpc) is 3.48. The molecule has 3 aromatic rings. The second kappa shape index (κ2) is 8.78. The highest BCUT2D eigenvalue weighted by atomic mass is 32.2. The van der Waals surface area contributed by atoms with Gasteiger partial charge in [-0.15, -0.1) is 0 Å². The quantitative estimate of drug-likeness (QED) is 0.544. The van der Waals surface area contributed by atoms with E-state index in [2.05, 4.69) is 5.10 Å². The summed E-state index contributed by atoms with van der Waals surface area (Å²) >= 11 is 0. The van der Waals surface area contributed by atoms with Crippen molar-refractivity contribution < 1.29 is 18.0 Å². The number of hydrogen-bond acceptors (Lipinski definition) is 5. The van der Waals surface area contributed by atoms with Gasteiger partial charge in [-0.05, 0) is 31.7 Å². The maximum atomic E-state index is 13.3. The van der Waals surface area contributed by atoms with Crippen LogP contribution in [0.2, 0.25) is 0 Å². The van der Waals surface area contributed by atoms with Crippen molar-refractivity contribution in [1.82, 2.24) is 14.7 Å². The summed E-state index contributed by atoms with van der Waals surface area (Å²) < 4.78 is 25.7. The van der Waals surface area contributed by atoms with Crippen molar-refractivity contribution in [3.8, 4) is 0 Å². The molecular weight excluding hydrogens is 464 g/mol. The van der Waals surface area contributed by atoms with E-state index in [9.17, 15) is 18.0 Å². The van der Waals surface area contributed by atoms with Gasteiger partial charge in [0.2, 0.25) is 11.8 Å². The zero-order valence-electron chi connectivity index (χ0n) is 20.3. The lowest BCUT2D eigenvalue weighted by Gasteiger charge is -2.22. The predicted molar refractivity (Wildman–Crippen MR) is 135 cm³/mol. The fourth-order valence-corrected chi connectivity index (χ4v) is 7.12. The van der Waals surface area contributed by atoms with E-state index in [1.54, 1.807) is 16.8 Å². The number of sulfone groups is 1. The largest absolute Gasteiger partial charge is 0.341 e. The van der Waals surface area contributed by atoms with Gasteiger partial charge >= 0.3 is 0 Å². The van der Waals surface area contributed by atoms with Crippen LogP contribution < -0.4 is 4.90 Å². The van der Waals surface area contributed by atoms with Crippen LogP contribution in [0, 0.1) is 19.8 Å². The van der Waals surface area contributed by atoms with Crippen molar-refractivity contribution in [1.29, 1.82) is 0 Å². The van der Waals surface area contributed by atoms with Gasteiger partial charge in [-0.2, -0.15) is 5.10 Å². The molecular formula is C26H30N4O4S. The molecule has 184 valence electrons. The molecule has 2 saturated heterocycles. The molecule has 2 atom stereocenters. The van der Waals surface area contributed by atoms with Gasteiger partial charge in [0.1, 0.15) is 0 Å². The standard InChI is InChI=1S/C26H30N4O4S/c1-17-23(18(2)30(27-17)21-11-12-35(33,34)16-21)15-28(3)26(32)20-13-25(31)29(14-20)24-10-6-8-19-7-4-5-9-22(19)24/h4-10,20-21H,11-16H2,1-3H3/t20-,21-/m1/s1. The van der Waals surface area contributed by atoms with E-state index in [1.807, 2.05) is 61.0 Å². The number of carbonyl (C=O) groups excluding carboxylic acids is 2. The molecule has 2 aliphatic heterocycles. The molecule has 2 amide bonds. The maximum absolute atomic E-state index is 13.3. The molecule has 3 heterocycles. The van der Waals surface area contributed by atoms with Crippen LogP contribution in [0.25, 0.3) is 10.8 Å². The molecule has 5 rings (SSSR count). The van der Waals surface area contributed by atoms with Crippen molar-refractivity contribution in [3.05, 3.63) is 59.4 Å². The highest BCUT2D eigenvalue weighted by molar-refractivity contribution is 7.91. The molecule has 2 aromatic carbocycles. The molecule has 8 nitrogen and oxygen atoms in total. The van der Waals surface area contributed by atoms with Gasteiger partial charge in [0, 0.05) is 43.2 Å². The number of fused-ring (bicyclic) bond motifs is 1. The summed E-state index contributed by atoms with van der Waals surface area (Å²) in [6.45, 7) is 4.55. The van der Waals surface area contributed by atoms with E-state index < -0.39 is 15.8 Å². The fraction of sp³-hybridized carbons (Fsp3) is 0.423. The monoisotopic (exact) mass is 494 g/mol. The van der Waals surface area contributed by atoms with Crippen molar-refractivity contribution in [3.63, 3.8) is 0 Å². The molecule has 0 aliphatic carbocycles. The third kappa shape index (κ3) is 4.33. The Bertz CT molecular complexity index is 1420. The van der Waals surface area contributed by atoms with Crippen molar-refractivity contribution in [2.24, 2.45) is 5.92 Å². The lowest BCUT2D eigenvalue weighted by molar-refractivity contribution is -0.135. The molecule has 0 unspecified atom stereocenters. The van der Waals surface area contributed by atoms with E-state index in [4.69, 9.17) is 0 Å². The summed E-state index contributed by atoms with van der Waals surface area (Å²) in [6, 6.07) is 13.7. The lowest BCUT2D eigenvalue weighted by Crippen LogP contribution is -2.34. The minimum absolute atomic E-state index is 0.0456. The zero-order valence-corrected chi connectivity index (χ0v) is 21.1. The van der Waals surface area contributed by atoms with Gasteiger partial charge in [0.15, 0.2) is 9.84 Å². The number of aromatic nitrogens is 2. The summed E-state index contributed by atoms with van der Waals surface area (Å²) in [5.41, 5.74) is 3.46. The number of carbonyl (C=O) groups is 2. The SMILES string of the molecule is Cc1nn([C@@H]2CCS(=O)(=O)C2)c(C)c1CN(C)C(=O)[C@@H]1CC(=O)N(c2cccc3ccccc23)C1. The van der Waals surface area contributed by atoms with Gasteiger partial charge in [-0.1, -0.05) is 36.4 Å². The number of hydrogen-bond donors (Lipinski definition) is 0. The number of aryl methyl sites for hydroxylation is 1. The van der Waals surface area contributed by atoms with Crippen LogP contribution in [0.4, 0.5) is 5.69 Å². The van der Waals surface area contributed by atoms with Crippen molar-refractivity contribution in [2.45, 2.75) is 39.3 Å². The minimum atomic E-state index is -3.02. The minimum Gasteiger partial charge on any atom is -0.341 e. The molecule has 0 spiro atoms. The predicted octanol–water partition coefficient (Wildman–Crippen LogP) is 3.02. The van der Waals surface area contributed by atoms with Crippen molar-refractivity contribution >= 4 is 38.1 Å². The van der Waals surface area contributed by atoms with E-state index in [1.165, 1.54) is 0 Å². The maximum Gasteiger partial charge on any atom is 0.228 e. The molecule has 1 aromatic heterocycles. The number of rotatable bonds is 5. The summed E-state index contributed by atoms with van der Waals surface area (Å²) in [5.74, 6) is -0.238. The second-order valence-corrected chi connectivity index (χ2v) is 12.0. The van der Waals surface area contributed by atoms with E-state index in [0.717, 1.165) is 33.4 Å². The Labute approximate surface area is 205 Å². The van der Waals surface area contributed by atoms with Gasteiger partial charge in [-0.25, -0.2) is 8.42 Å². The third-order valence-electron chi connectivity index (χ3n) is 7.33. The average molecular weight is 495 g/mol. The lowest BCUT2D eigenvalue weighted by atomic mass is 10.1. The first-order valence-electron chi connectivity index (χ1n) is 11.9. The van der Waals surface area contributed by atoms with E-state index >= 15 is 0 Å². The molecule has 2 aliphatic rings. The van der Waals surface area contributed by atoms with E-state index in [0.29, 0.717) is 19.5 Å². The fourth-order valence-electron chi connectivity index (χ4n) is 5.43. The van der Waals surface area contributed by atoms with Gasteiger partial charge in [0.05, 0.1) is 34.8 Å². The number of anilines is 1. The van der Waals surface area contributed by atoms with Crippen LogP contribution in [-0.2, 0) is 26.0 Å². The number of nitrogens with zero attached hydrogens (tertiary/aromatic N) is 4. The van der Waals surface area contributed by atoms with Crippen LogP contribution >= 0.6 is 0 Å². The number of benzene rings is 2. The van der Waals surface area contributed by atoms with Gasteiger partial charge < -0.3 is 9.80 Å². The Kier molecular flexibility index (Phi) is 5.91. The second-order valence-electron chi connectivity index (χ2n) is 9.75. The van der Waals surface area contributed by atoms with Crippen LogP contribution in [0.5, 0.6) is 0 Å². The molecule has 0 saturated carbocycles. The van der Waals surface area contributed by atoms with Gasteiger partial charge in [0.25, 0.3) is 0 Å². The Hall–Kier alpha value is -3.20. The first-order valence-corrected chi connectivity index (χ1v) is 13.7. The highest BCUT2D eigenvalue weighted by Gasteiger charge is 2.37. The third-order valence-corrected chi connectivity index (χ3v) is 9.08.